The molecule has 0 aromatic carbocycles. The molecule has 0 saturated heterocycles. The van der Waals surface area contributed by atoms with Crippen molar-refractivity contribution in [2.24, 2.45) is 17.1 Å². The maximum absolute atomic E-state index is 5.86. The van der Waals surface area contributed by atoms with Gasteiger partial charge in [-0.25, -0.2) is 4.98 Å². The minimum atomic E-state index is 0.111. The van der Waals surface area contributed by atoms with Gasteiger partial charge in [0.25, 0.3) is 0 Å². The summed E-state index contributed by atoms with van der Waals surface area (Å²) in [5.41, 5.74) is 5.97. The third-order valence-corrected chi connectivity index (χ3v) is 3.42. The van der Waals surface area contributed by atoms with Gasteiger partial charge in [-0.1, -0.05) is 20.8 Å². The molecule has 86 valence electrons. The second-order valence-electron chi connectivity index (χ2n) is 4.68. The molecule has 1 aromatic heterocycles. The summed E-state index contributed by atoms with van der Waals surface area (Å²) in [6.45, 7) is 10.3. The minimum Gasteiger partial charge on any atom is -0.330 e. The molecule has 0 amide bonds. The van der Waals surface area contributed by atoms with E-state index in [0.717, 1.165) is 18.8 Å². The van der Waals surface area contributed by atoms with E-state index in [0.29, 0.717) is 12.5 Å². The average Bonchev–Trinajstić information content (AvgIpc) is 2.64. The van der Waals surface area contributed by atoms with Gasteiger partial charge in [0.15, 0.2) is 0 Å². The lowest BCUT2D eigenvalue weighted by atomic mass is 9.76. The Balaban J connectivity index is 2.83. The van der Waals surface area contributed by atoms with Gasteiger partial charge in [-0.15, -0.1) is 0 Å². The number of rotatable bonds is 5. The van der Waals surface area contributed by atoms with Crippen molar-refractivity contribution in [2.75, 3.05) is 6.54 Å². The number of nitrogens with two attached hydrogens (primary N) is 1. The third-order valence-electron chi connectivity index (χ3n) is 3.42. The predicted octanol–water partition coefficient (Wildman–Crippen LogP) is 1.46. The maximum atomic E-state index is 5.86. The molecular formula is C11H22N4. The molecule has 4 heteroatoms. The molecule has 1 rings (SSSR count). The van der Waals surface area contributed by atoms with Crippen LogP contribution < -0.4 is 5.73 Å². The monoisotopic (exact) mass is 210 g/mol. The topological polar surface area (TPSA) is 56.7 Å². The van der Waals surface area contributed by atoms with E-state index in [2.05, 4.69) is 37.8 Å². The Morgan fingerprint density at radius 1 is 1.53 bits per heavy atom. The fourth-order valence-electron chi connectivity index (χ4n) is 1.56. The molecule has 0 fully saturated rings. The van der Waals surface area contributed by atoms with Crippen LogP contribution in [0.15, 0.2) is 6.33 Å². The Morgan fingerprint density at radius 3 is 2.67 bits per heavy atom. The van der Waals surface area contributed by atoms with Crippen LogP contribution in [0.1, 0.15) is 33.5 Å². The Kier molecular flexibility index (Phi) is 3.85. The van der Waals surface area contributed by atoms with Crippen molar-refractivity contribution in [3.63, 3.8) is 0 Å². The van der Waals surface area contributed by atoms with E-state index in [9.17, 15) is 0 Å². The fourth-order valence-corrected chi connectivity index (χ4v) is 1.56. The minimum absolute atomic E-state index is 0.111. The fraction of sp³-hybridized carbons (Fsp3) is 0.818. The van der Waals surface area contributed by atoms with Gasteiger partial charge in [-0.2, -0.15) is 5.10 Å². The van der Waals surface area contributed by atoms with E-state index in [-0.39, 0.29) is 5.41 Å². The molecular weight excluding hydrogens is 188 g/mol. The van der Waals surface area contributed by atoms with Gasteiger partial charge in [0.05, 0.1) is 0 Å². The summed E-state index contributed by atoms with van der Waals surface area (Å²) in [6.07, 6.45) is 2.52. The van der Waals surface area contributed by atoms with Crippen LogP contribution >= 0.6 is 0 Å². The smallest absolute Gasteiger partial charge is 0.138 e. The van der Waals surface area contributed by atoms with Crippen molar-refractivity contribution in [2.45, 2.75) is 40.7 Å². The van der Waals surface area contributed by atoms with Crippen molar-refractivity contribution in [3.05, 3.63) is 12.2 Å². The first-order chi connectivity index (χ1) is 7.03. The van der Waals surface area contributed by atoms with E-state index < -0.39 is 0 Å². The van der Waals surface area contributed by atoms with Crippen LogP contribution in [-0.2, 0) is 13.0 Å². The number of nitrogens with zero attached hydrogens (tertiary/aromatic N) is 3. The molecule has 0 spiro atoms. The summed E-state index contributed by atoms with van der Waals surface area (Å²) in [7, 11) is 0. The zero-order valence-corrected chi connectivity index (χ0v) is 10.2. The lowest BCUT2D eigenvalue weighted by molar-refractivity contribution is 0.219. The van der Waals surface area contributed by atoms with Crippen molar-refractivity contribution in [3.8, 4) is 0 Å². The maximum Gasteiger partial charge on any atom is 0.138 e. The van der Waals surface area contributed by atoms with Gasteiger partial charge < -0.3 is 5.73 Å². The number of hydrogen-bond donors (Lipinski definition) is 1. The summed E-state index contributed by atoms with van der Waals surface area (Å²) in [5, 5.41) is 4.18. The lowest BCUT2D eigenvalue weighted by Gasteiger charge is -2.31. The number of aromatic nitrogens is 3. The highest BCUT2D eigenvalue weighted by molar-refractivity contribution is 4.94. The summed E-state index contributed by atoms with van der Waals surface area (Å²) < 4.78 is 1.94. The molecule has 0 aliphatic rings. The molecule has 1 aromatic rings. The Labute approximate surface area is 91.9 Å². The first kappa shape index (κ1) is 12.2. The number of hydrogen-bond acceptors (Lipinski definition) is 3. The van der Waals surface area contributed by atoms with Crippen LogP contribution in [0.3, 0.4) is 0 Å². The highest BCUT2D eigenvalue weighted by Crippen LogP contribution is 2.29. The lowest BCUT2D eigenvalue weighted by Crippen LogP contribution is -2.35. The van der Waals surface area contributed by atoms with E-state index in [1.165, 1.54) is 0 Å². The Hall–Kier alpha value is -0.900. The summed E-state index contributed by atoms with van der Waals surface area (Å²) in [5.74, 6) is 1.59. The molecule has 0 aliphatic heterocycles. The molecule has 0 bridgehead atoms. The Morgan fingerprint density at radius 2 is 2.20 bits per heavy atom. The number of aryl methyl sites for hydroxylation is 1. The highest BCUT2D eigenvalue weighted by atomic mass is 15.3. The zero-order valence-electron chi connectivity index (χ0n) is 10.2. The highest BCUT2D eigenvalue weighted by Gasteiger charge is 2.28. The zero-order chi connectivity index (χ0) is 11.5. The molecule has 15 heavy (non-hydrogen) atoms. The molecule has 0 saturated carbocycles. The summed E-state index contributed by atoms with van der Waals surface area (Å²) in [4.78, 5) is 4.30. The standard InChI is InChI=1S/C11H22N4/c1-5-15-10(13-8-14-15)6-11(4,7-12)9(2)3/h8-9H,5-7,12H2,1-4H3. The van der Waals surface area contributed by atoms with Crippen molar-refractivity contribution in [1.82, 2.24) is 14.8 Å². The van der Waals surface area contributed by atoms with Gasteiger partial charge in [0.2, 0.25) is 0 Å². The molecule has 4 nitrogen and oxygen atoms in total. The van der Waals surface area contributed by atoms with E-state index in [1.54, 1.807) is 6.33 Å². The van der Waals surface area contributed by atoms with E-state index in [1.807, 2.05) is 4.68 Å². The Bertz CT molecular complexity index is 305. The average molecular weight is 210 g/mol. The van der Waals surface area contributed by atoms with E-state index in [4.69, 9.17) is 5.73 Å². The van der Waals surface area contributed by atoms with Gasteiger partial charge in [0.1, 0.15) is 12.2 Å². The van der Waals surface area contributed by atoms with Crippen LogP contribution in [0.2, 0.25) is 0 Å². The van der Waals surface area contributed by atoms with Crippen LogP contribution in [0.25, 0.3) is 0 Å². The molecule has 0 aliphatic carbocycles. The molecule has 1 heterocycles. The second-order valence-corrected chi connectivity index (χ2v) is 4.68. The molecule has 2 N–H and O–H groups in total. The SMILES string of the molecule is CCn1ncnc1CC(C)(CN)C(C)C. The largest absolute Gasteiger partial charge is 0.330 e. The van der Waals surface area contributed by atoms with Gasteiger partial charge in [-0.3, -0.25) is 4.68 Å². The van der Waals surface area contributed by atoms with Crippen LogP contribution in [-0.4, -0.2) is 21.3 Å². The van der Waals surface area contributed by atoms with Gasteiger partial charge in [0, 0.05) is 13.0 Å². The summed E-state index contributed by atoms with van der Waals surface area (Å²) >= 11 is 0. The quantitative estimate of drug-likeness (QED) is 0.800. The third kappa shape index (κ3) is 2.56. The molecule has 1 unspecified atom stereocenters. The van der Waals surface area contributed by atoms with Crippen LogP contribution in [0.4, 0.5) is 0 Å². The molecule has 1 atom stereocenters. The second kappa shape index (κ2) is 4.75. The van der Waals surface area contributed by atoms with Crippen LogP contribution in [0.5, 0.6) is 0 Å². The summed E-state index contributed by atoms with van der Waals surface area (Å²) in [6, 6.07) is 0. The normalized spacial score (nSPS) is 15.6. The molecule has 0 radical (unpaired) electrons. The van der Waals surface area contributed by atoms with Gasteiger partial charge in [-0.05, 0) is 24.8 Å². The first-order valence-electron chi connectivity index (χ1n) is 5.60. The van der Waals surface area contributed by atoms with Gasteiger partial charge >= 0.3 is 0 Å². The van der Waals surface area contributed by atoms with Crippen molar-refractivity contribution < 1.29 is 0 Å². The van der Waals surface area contributed by atoms with Crippen LogP contribution in [0, 0.1) is 11.3 Å². The first-order valence-corrected chi connectivity index (χ1v) is 5.60. The van der Waals surface area contributed by atoms with Crippen molar-refractivity contribution in [1.29, 1.82) is 0 Å². The van der Waals surface area contributed by atoms with E-state index >= 15 is 0 Å². The van der Waals surface area contributed by atoms with Crippen molar-refractivity contribution >= 4 is 0 Å². The predicted molar refractivity (Wildman–Crippen MR) is 61.4 cm³/mol.